The summed E-state index contributed by atoms with van der Waals surface area (Å²) in [4.78, 5) is 28.0. The number of thioether (sulfide) groups is 2. The van der Waals surface area contributed by atoms with Crippen LogP contribution in [0.2, 0.25) is 0 Å². The summed E-state index contributed by atoms with van der Waals surface area (Å²) in [5, 5.41) is 0.147. The minimum Gasteiger partial charge on any atom is -0.296 e. The molecule has 1 aromatic carbocycles. The summed E-state index contributed by atoms with van der Waals surface area (Å²) in [6.07, 6.45) is 8.35. The molecule has 1 saturated heterocycles. The van der Waals surface area contributed by atoms with Crippen LogP contribution in [0.3, 0.4) is 0 Å². The second-order valence-electron chi connectivity index (χ2n) is 8.74. The molecule has 2 fully saturated rings. The van der Waals surface area contributed by atoms with E-state index in [1.54, 1.807) is 0 Å². The second kappa shape index (κ2) is 12.3. The molecule has 0 radical (unpaired) electrons. The predicted octanol–water partition coefficient (Wildman–Crippen LogP) is 6.02. The van der Waals surface area contributed by atoms with Crippen molar-refractivity contribution in [3.8, 4) is 0 Å². The number of likely N-dealkylation sites (tertiary alicyclic amines) is 1. The van der Waals surface area contributed by atoms with Crippen molar-refractivity contribution in [2.24, 2.45) is 17.8 Å². The lowest BCUT2D eigenvalue weighted by Gasteiger charge is -2.46. The zero-order chi connectivity index (χ0) is 21.3. The fourth-order valence-electron chi connectivity index (χ4n) is 5.27. The number of rotatable bonds is 9. The third-order valence-electron chi connectivity index (χ3n) is 6.79. The smallest absolute Gasteiger partial charge is 0.200 e. The molecule has 166 valence electrons. The normalized spacial score (nSPS) is 24.6. The topological polar surface area (TPSA) is 37.4 Å². The molecule has 0 bridgehead atoms. The van der Waals surface area contributed by atoms with Crippen LogP contribution in [0.25, 0.3) is 0 Å². The van der Waals surface area contributed by atoms with Crippen LogP contribution in [0.4, 0.5) is 0 Å². The number of benzene rings is 1. The van der Waals surface area contributed by atoms with Crippen molar-refractivity contribution >= 4 is 33.8 Å². The molecular formula is C25H37NO2S2. The van der Waals surface area contributed by atoms with Gasteiger partial charge in [0.15, 0.2) is 10.2 Å². The molecule has 1 saturated carbocycles. The van der Waals surface area contributed by atoms with E-state index >= 15 is 0 Å². The maximum atomic E-state index is 12.6. The molecule has 3 rings (SSSR count). The van der Waals surface area contributed by atoms with Crippen LogP contribution in [-0.4, -0.2) is 39.2 Å². The average Bonchev–Trinajstić information content (AvgIpc) is 2.75. The predicted molar refractivity (Wildman–Crippen MR) is 130 cm³/mol. The van der Waals surface area contributed by atoms with Gasteiger partial charge in [0.1, 0.15) is 0 Å². The summed E-state index contributed by atoms with van der Waals surface area (Å²) >= 11 is 2.63. The summed E-state index contributed by atoms with van der Waals surface area (Å²) in [6.45, 7) is 6.13. The zero-order valence-corrected chi connectivity index (χ0v) is 20.2. The van der Waals surface area contributed by atoms with Crippen LogP contribution < -0.4 is 0 Å². The van der Waals surface area contributed by atoms with Crippen LogP contribution in [-0.2, 0) is 16.1 Å². The van der Waals surface area contributed by atoms with E-state index < -0.39 is 5.92 Å². The Morgan fingerprint density at radius 1 is 1.00 bits per heavy atom. The number of carbonyl (C=O) groups excluding carboxylic acids is 2. The molecule has 3 nitrogen and oxygen atoms in total. The van der Waals surface area contributed by atoms with Crippen molar-refractivity contribution in [1.29, 1.82) is 0 Å². The quantitative estimate of drug-likeness (QED) is 0.433. The first kappa shape index (κ1) is 23.9. The van der Waals surface area contributed by atoms with E-state index in [-0.39, 0.29) is 10.2 Å². The van der Waals surface area contributed by atoms with Crippen LogP contribution in [0, 0.1) is 17.8 Å². The minimum absolute atomic E-state index is 0.0735. The Hall–Kier alpha value is -0.780. The number of piperidine rings is 1. The molecular weight excluding hydrogens is 410 g/mol. The third-order valence-corrected chi connectivity index (χ3v) is 8.50. The third kappa shape index (κ3) is 6.61. The van der Waals surface area contributed by atoms with Crippen LogP contribution in [0.15, 0.2) is 30.3 Å². The van der Waals surface area contributed by atoms with Crippen molar-refractivity contribution < 1.29 is 9.59 Å². The molecule has 1 aliphatic carbocycles. The van der Waals surface area contributed by atoms with Gasteiger partial charge < -0.3 is 0 Å². The molecule has 1 aromatic rings. The molecule has 0 aromatic heterocycles. The van der Waals surface area contributed by atoms with Crippen molar-refractivity contribution in [2.45, 2.75) is 71.4 Å². The van der Waals surface area contributed by atoms with Crippen molar-refractivity contribution in [3.63, 3.8) is 0 Å². The maximum absolute atomic E-state index is 12.6. The van der Waals surface area contributed by atoms with E-state index in [0.29, 0.717) is 12.5 Å². The summed E-state index contributed by atoms with van der Waals surface area (Å²) in [5.74, 6) is 2.70. The Balaban J connectivity index is 1.69. The number of nitrogens with zero attached hydrogens (tertiary/aromatic N) is 1. The van der Waals surface area contributed by atoms with Gasteiger partial charge in [0.25, 0.3) is 0 Å². The van der Waals surface area contributed by atoms with Gasteiger partial charge in [-0.15, -0.1) is 0 Å². The van der Waals surface area contributed by atoms with E-state index in [4.69, 9.17) is 0 Å². The largest absolute Gasteiger partial charge is 0.296 e. The summed E-state index contributed by atoms with van der Waals surface area (Å²) < 4.78 is 0. The number of hydrogen-bond acceptors (Lipinski definition) is 5. The zero-order valence-electron chi connectivity index (χ0n) is 18.6. The fourth-order valence-corrected chi connectivity index (χ4v) is 6.77. The van der Waals surface area contributed by atoms with E-state index in [1.807, 2.05) is 13.8 Å². The highest BCUT2D eigenvalue weighted by molar-refractivity contribution is 8.15. The molecule has 2 aliphatic rings. The van der Waals surface area contributed by atoms with E-state index in [9.17, 15) is 9.59 Å². The molecule has 3 unspecified atom stereocenters. The number of fused-ring (bicyclic) bond motifs is 1. The van der Waals surface area contributed by atoms with E-state index in [1.165, 1.54) is 67.7 Å². The summed E-state index contributed by atoms with van der Waals surface area (Å²) in [5.41, 5.74) is 1.36. The second-order valence-corrected chi connectivity index (χ2v) is 11.3. The monoisotopic (exact) mass is 447 g/mol. The SMILES string of the molecule is CCSC(=O)C(CCC1CC2CCCCC2CN1Cc1ccccc1)C(=O)SCC. The molecule has 0 N–H and O–H groups in total. The van der Waals surface area contributed by atoms with Gasteiger partial charge >= 0.3 is 0 Å². The van der Waals surface area contributed by atoms with Crippen molar-refractivity contribution in [2.75, 3.05) is 18.1 Å². The van der Waals surface area contributed by atoms with E-state index in [0.717, 1.165) is 36.3 Å². The van der Waals surface area contributed by atoms with E-state index in [2.05, 4.69) is 35.2 Å². The molecule has 3 atom stereocenters. The minimum atomic E-state index is -0.442. The van der Waals surface area contributed by atoms with Gasteiger partial charge in [-0.1, -0.05) is 87.0 Å². The lowest BCUT2D eigenvalue weighted by molar-refractivity contribution is -0.123. The highest BCUT2D eigenvalue weighted by Gasteiger charge is 2.37. The van der Waals surface area contributed by atoms with Crippen LogP contribution in [0.1, 0.15) is 64.4 Å². The van der Waals surface area contributed by atoms with Crippen molar-refractivity contribution in [1.82, 2.24) is 4.90 Å². The Morgan fingerprint density at radius 3 is 2.27 bits per heavy atom. The summed E-state index contributed by atoms with van der Waals surface area (Å²) in [6, 6.07) is 11.2. The first-order chi connectivity index (χ1) is 14.6. The van der Waals surface area contributed by atoms with Gasteiger partial charge in [0, 0.05) is 19.1 Å². The summed E-state index contributed by atoms with van der Waals surface area (Å²) in [7, 11) is 0. The Labute approximate surface area is 191 Å². The van der Waals surface area contributed by atoms with Gasteiger partial charge in [-0.05, 0) is 54.6 Å². The Bertz CT molecular complexity index is 663. The van der Waals surface area contributed by atoms with Gasteiger partial charge in [-0.2, -0.15) is 0 Å². The highest BCUT2D eigenvalue weighted by Crippen LogP contribution is 2.40. The van der Waals surface area contributed by atoms with Gasteiger partial charge in [0.2, 0.25) is 0 Å². The lowest BCUT2D eigenvalue weighted by Crippen LogP contribution is -2.48. The van der Waals surface area contributed by atoms with Crippen molar-refractivity contribution in [3.05, 3.63) is 35.9 Å². The van der Waals surface area contributed by atoms with Gasteiger partial charge in [0.05, 0.1) is 5.92 Å². The standard InChI is InChI=1S/C25H37NO2S2/c1-3-29-24(27)23(25(28)30-4-2)15-14-22-16-20-12-8-9-13-21(20)18-26(22)17-19-10-6-5-7-11-19/h5-7,10-11,20-23H,3-4,8-9,12-18H2,1-2H3. The first-order valence-electron chi connectivity index (χ1n) is 11.7. The average molecular weight is 448 g/mol. The fraction of sp³-hybridized carbons (Fsp3) is 0.680. The molecule has 1 aliphatic heterocycles. The molecule has 5 heteroatoms. The molecule has 0 spiro atoms. The molecule has 1 heterocycles. The van der Waals surface area contributed by atoms with Crippen LogP contribution >= 0.6 is 23.5 Å². The maximum Gasteiger partial charge on any atom is 0.200 e. The Morgan fingerprint density at radius 2 is 1.63 bits per heavy atom. The number of carbonyl (C=O) groups is 2. The van der Waals surface area contributed by atoms with Crippen LogP contribution in [0.5, 0.6) is 0 Å². The highest BCUT2D eigenvalue weighted by atomic mass is 32.2. The first-order valence-corrected chi connectivity index (χ1v) is 13.7. The number of hydrogen-bond donors (Lipinski definition) is 0. The molecule has 0 amide bonds. The molecule has 30 heavy (non-hydrogen) atoms. The van der Waals surface area contributed by atoms with Gasteiger partial charge in [-0.25, -0.2) is 0 Å². The lowest BCUT2D eigenvalue weighted by atomic mass is 9.72. The van der Waals surface area contributed by atoms with Gasteiger partial charge in [-0.3, -0.25) is 14.5 Å². The Kier molecular flexibility index (Phi) is 9.79.